The summed E-state index contributed by atoms with van der Waals surface area (Å²) < 4.78 is 6.55. The summed E-state index contributed by atoms with van der Waals surface area (Å²) in [5, 5.41) is 9.29. The van der Waals surface area contributed by atoms with Gasteiger partial charge in [0.1, 0.15) is 11.4 Å². The molecule has 0 atom stereocenters. The molecule has 1 aliphatic rings. The number of rotatable bonds is 5. The number of fused-ring (bicyclic) bond motifs is 3. The first kappa shape index (κ1) is 29.1. The van der Waals surface area contributed by atoms with E-state index in [4.69, 9.17) is 19.7 Å². The highest BCUT2D eigenvalue weighted by Gasteiger charge is 2.32. The lowest BCUT2D eigenvalue weighted by atomic mass is 9.85. The van der Waals surface area contributed by atoms with Gasteiger partial charge in [0.25, 0.3) is 0 Å². The van der Waals surface area contributed by atoms with Gasteiger partial charge in [-0.05, 0) is 84.1 Å². The SMILES string of the molecule is CC1(C)Oc2cc(-c3cccc(-c4cccc(-c5nc(-c6ccccc6)nc(-c6ccc(C#N)cc6)n5)c4)c3)ccc2-c2ccccc21. The van der Waals surface area contributed by atoms with Crippen molar-refractivity contribution < 1.29 is 4.74 Å². The highest BCUT2D eigenvalue weighted by atomic mass is 16.5. The number of hydrogen-bond donors (Lipinski definition) is 0. The van der Waals surface area contributed by atoms with Gasteiger partial charge in [0.05, 0.1) is 11.6 Å². The maximum Gasteiger partial charge on any atom is 0.164 e. The standard InChI is InChI=1S/C43H30N4O/c1-43(2)38-17-7-6-16-36(38)37-23-22-34(26-39(37)48-43)32-13-8-12-31(24-32)33-14-9-15-35(25-33)42-46-40(29-10-4-3-5-11-29)45-41(47-42)30-20-18-28(27-44)19-21-30/h3-26H,1-2H3. The lowest BCUT2D eigenvalue weighted by Crippen LogP contribution is -2.29. The molecule has 1 aliphatic heterocycles. The fourth-order valence-corrected chi connectivity index (χ4v) is 6.34. The molecule has 8 rings (SSSR count). The molecule has 5 nitrogen and oxygen atoms in total. The second-order valence-electron chi connectivity index (χ2n) is 12.4. The van der Waals surface area contributed by atoms with E-state index in [1.807, 2.05) is 54.6 Å². The largest absolute Gasteiger partial charge is 0.482 e. The predicted molar refractivity (Wildman–Crippen MR) is 191 cm³/mol. The Morgan fingerprint density at radius 3 is 1.65 bits per heavy atom. The molecule has 48 heavy (non-hydrogen) atoms. The maximum absolute atomic E-state index is 9.29. The van der Waals surface area contributed by atoms with Crippen LogP contribution in [0.2, 0.25) is 0 Å². The van der Waals surface area contributed by atoms with Crippen molar-refractivity contribution >= 4 is 0 Å². The van der Waals surface area contributed by atoms with Crippen LogP contribution in [0.5, 0.6) is 5.75 Å². The van der Waals surface area contributed by atoms with Gasteiger partial charge in [0.2, 0.25) is 0 Å². The van der Waals surface area contributed by atoms with Gasteiger partial charge in [0, 0.05) is 27.8 Å². The maximum atomic E-state index is 9.29. The van der Waals surface area contributed by atoms with Gasteiger partial charge in [0.15, 0.2) is 17.5 Å². The van der Waals surface area contributed by atoms with Crippen LogP contribution in [0, 0.1) is 11.3 Å². The molecule has 6 aromatic carbocycles. The minimum absolute atomic E-state index is 0.417. The van der Waals surface area contributed by atoms with E-state index in [0.29, 0.717) is 23.0 Å². The van der Waals surface area contributed by atoms with Crippen LogP contribution in [-0.4, -0.2) is 15.0 Å². The topological polar surface area (TPSA) is 71.7 Å². The highest BCUT2D eigenvalue weighted by molar-refractivity contribution is 5.82. The van der Waals surface area contributed by atoms with Gasteiger partial charge in [-0.15, -0.1) is 0 Å². The molecule has 0 saturated carbocycles. The summed E-state index contributed by atoms with van der Waals surface area (Å²) in [7, 11) is 0. The molecular formula is C43H30N4O. The molecule has 0 unspecified atom stereocenters. The molecule has 0 saturated heterocycles. The third-order valence-electron chi connectivity index (χ3n) is 8.80. The predicted octanol–water partition coefficient (Wildman–Crippen LogP) is 10.4. The lowest BCUT2D eigenvalue weighted by Gasteiger charge is -2.35. The van der Waals surface area contributed by atoms with Gasteiger partial charge in [-0.1, -0.05) is 103 Å². The van der Waals surface area contributed by atoms with Gasteiger partial charge in [-0.2, -0.15) is 5.26 Å². The number of ether oxygens (including phenoxy) is 1. The fraction of sp³-hybridized carbons (Fsp3) is 0.0698. The first-order chi connectivity index (χ1) is 23.4. The minimum atomic E-state index is -0.417. The molecule has 5 heteroatoms. The van der Waals surface area contributed by atoms with E-state index >= 15 is 0 Å². The van der Waals surface area contributed by atoms with Crippen molar-refractivity contribution in [1.82, 2.24) is 15.0 Å². The van der Waals surface area contributed by atoms with Gasteiger partial charge in [-0.3, -0.25) is 0 Å². The van der Waals surface area contributed by atoms with Crippen LogP contribution in [0.3, 0.4) is 0 Å². The van der Waals surface area contributed by atoms with E-state index in [1.54, 1.807) is 12.1 Å². The average Bonchev–Trinajstić information content (AvgIpc) is 3.15. The molecule has 0 bridgehead atoms. The summed E-state index contributed by atoms with van der Waals surface area (Å²) in [6.07, 6.45) is 0. The van der Waals surface area contributed by atoms with E-state index in [2.05, 4.69) is 98.8 Å². The molecule has 1 aromatic heterocycles. The van der Waals surface area contributed by atoms with Crippen molar-refractivity contribution in [2.75, 3.05) is 0 Å². The van der Waals surface area contributed by atoms with E-state index in [9.17, 15) is 5.26 Å². The smallest absolute Gasteiger partial charge is 0.164 e. The number of hydrogen-bond acceptors (Lipinski definition) is 5. The third-order valence-corrected chi connectivity index (χ3v) is 8.80. The van der Waals surface area contributed by atoms with Crippen LogP contribution in [0.15, 0.2) is 146 Å². The Morgan fingerprint density at radius 2 is 0.979 bits per heavy atom. The Labute approximate surface area is 279 Å². The Hall–Kier alpha value is -6.38. The highest BCUT2D eigenvalue weighted by Crippen LogP contribution is 2.46. The summed E-state index contributed by atoms with van der Waals surface area (Å²) in [5.41, 5.74) is 10.7. The number of nitriles is 1. The van der Waals surface area contributed by atoms with Gasteiger partial charge < -0.3 is 4.74 Å². The van der Waals surface area contributed by atoms with E-state index in [1.165, 1.54) is 11.1 Å². The van der Waals surface area contributed by atoms with Crippen LogP contribution >= 0.6 is 0 Å². The molecule has 7 aromatic rings. The summed E-state index contributed by atoms with van der Waals surface area (Å²) in [6.45, 7) is 4.25. The van der Waals surface area contributed by atoms with Gasteiger partial charge in [-0.25, -0.2) is 15.0 Å². The third kappa shape index (κ3) is 5.40. The monoisotopic (exact) mass is 618 g/mol. The van der Waals surface area contributed by atoms with Crippen molar-refractivity contribution in [2.45, 2.75) is 19.4 Å². The van der Waals surface area contributed by atoms with Crippen molar-refractivity contribution in [3.63, 3.8) is 0 Å². The van der Waals surface area contributed by atoms with Crippen molar-refractivity contribution in [2.24, 2.45) is 0 Å². The Kier molecular flexibility index (Phi) is 7.12. The molecule has 0 amide bonds. The molecule has 0 fully saturated rings. The molecule has 0 aliphatic carbocycles. The number of nitrogens with zero attached hydrogens (tertiary/aromatic N) is 4. The Bertz CT molecular complexity index is 2360. The van der Waals surface area contributed by atoms with E-state index < -0.39 is 5.60 Å². The van der Waals surface area contributed by atoms with Crippen LogP contribution in [0.1, 0.15) is 25.0 Å². The molecule has 228 valence electrons. The first-order valence-corrected chi connectivity index (χ1v) is 15.9. The van der Waals surface area contributed by atoms with Crippen molar-refractivity contribution in [3.8, 4) is 79.4 Å². The van der Waals surface area contributed by atoms with Crippen LogP contribution in [0.25, 0.3) is 67.5 Å². The number of benzene rings is 6. The Balaban J connectivity index is 1.17. The summed E-state index contributed by atoms with van der Waals surface area (Å²) >= 11 is 0. The van der Waals surface area contributed by atoms with E-state index in [-0.39, 0.29) is 0 Å². The summed E-state index contributed by atoms with van der Waals surface area (Å²) in [6, 6.07) is 51.3. The normalized spacial score (nSPS) is 12.7. The molecule has 0 spiro atoms. The van der Waals surface area contributed by atoms with Crippen LogP contribution in [0.4, 0.5) is 0 Å². The zero-order valence-corrected chi connectivity index (χ0v) is 26.6. The molecule has 0 radical (unpaired) electrons. The second-order valence-corrected chi connectivity index (χ2v) is 12.4. The second kappa shape index (κ2) is 11.8. The quantitative estimate of drug-likeness (QED) is 0.192. The fourth-order valence-electron chi connectivity index (χ4n) is 6.34. The molecule has 2 heterocycles. The van der Waals surface area contributed by atoms with Crippen LogP contribution < -0.4 is 4.74 Å². The van der Waals surface area contributed by atoms with Crippen molar-refractivity contribution in [3.05, 3.63) is 157 Å². The average molecular weight is 619 g/mol. The summed E-state index contributed by atoms with van der Waals surface area (Å²) in [4.78, 5) is 14.6. The van der Waals surface area contributed by atoms with Crippen LogP contribution in [-0.2, 0) is 5.60 Å². The summed E-state index contributed by atoms with van der Waals surface area (Å²) in [5.74, 6) is 2.62. The molecular weight excluding hydrogens is 589 g/mol. The minimum Gasteiger partial charge on any atom is -0.482 e. The first-order valence-electron chi connectivity index (χ1n) is 15.9. The Morgan fingerprint density at radius 1 is 0.479 bits per heavy atom. The number of aromatic nitrogens is 3. The van der Waals surface area contributed by atoms with Crippen molar-refractivity contribution in [1.29, 1.82) is 5.26 Å². The molecule has 0 N–H and O–H groups in total. The zero-order chi connectivity index (χ0) is 32.7. The van der Waals surface area contributed by atoms with Gasteiger partial charge >= 0.3 is 0 Å². The zero-order valence-electron chi connectivity index (χ0n) is 26.6. The lowest BCUT2D eigenvalue weighted by molar-refractivity contribution is 0.106. The van der Waals surface area contributed by atoms with E-state index in [0.717, 1.165) is 50.3 Å².